The fraction of sp³-hybridized carbons (Fsp3) is 0.545. The Balaban J connectivity index is 2.26. The van der Waals surface area contributed by atoms with E-state index in [0.717, 1.165) is 11.3 Å². The van der Waals surface area contributed by atoms with Gasteiger partial charge in [0, 0.05) is 5.25 Å². The molecule has 3 nitrogen and oxygen atoms in total. The highest BCUT2D eigenvalue weighted by atomic mass is 35.5. The van der Waals surface area contributed by atoms with E-state index in [-0.39, 0.29) is 5.15 Å². The number of rotatable bonds is 3. The number of nitrogens with zero attached hydrogens (tertiary/aromatic N) is 2. The van der Waals surface area contributed by atoms with Crippen LogP contribution in [0.15, 0.2) is 5.03 Å². The average molecular weight is 257 g/mol. The van der Waals surface area contributed by atoms with Gasteiger partial charge in [-0.2, -0.15) is 0 Å². The van der Waals surface area contributed by atoms with E-state index in [0.29, 0.717) is 16.6 Å². The minimum Gasteiger partial charge on any atom is -0.298 e. The molecule has 0 amide bonds. The minimum absolute atomic E-state index is 0.267. The van der Waals surface area contributed by atoms with Gasteiger partial charge in [0.25, 0.3) is 0 Å². The fourth-order valence-corrected chi connectivity index (χ4v) is 3.53. The standard InChI is InChI=1S/C11H13ClN2OS/c1-7-13-10(12)9(6-15)11(14-7)16-8-4-2-3-5-8/h6,8H,2-5H2,1H3. The first-order valence-corrected chi connectivity index (χ1v) is 6.62. The van der Waals surface area contributed by atoms with E-state index in [1.165, 1.54) is 25.7 Å². The number of aryl methyl sites for hydroxylation is 1. The zero-order chi connectivity index (χ0) is 11.5. The molecule has 16 heavy (non-hydrogen) atoms. The molecule has 1 heterocycles. The van der Waals surface area contributed by atoms with Gasteiger partial charge >= 0.3 is 0 Å². The van der Waals surface area contributed by atoms with Crippen molar-refractivity contribution in [3.05, 3.63) is 16.5 Å². The molecule has 0 unspecified atom stereocenters. The van der Waals surface area contributed by atoms with E-state index >= 15 is 0 Å². The highest BCUT2D eigenvalue weighted by Gasteiger charge is 2.20. The van der Waals surface area contributed by atoms with Crippen molar-refractivity contribution in [2.24, 2.45) is 0 Å². The lowest BCUT2D eigenvalue weighted by molar-refractivity contribution is 0.112. The molecule has 1 aromatic rings. The summed E-state index contributed by atoms with van der Waals surface area (Å²) in [5.74, 6) is 0.621. The van der Waals surface area contributed by atoms with Crippen LogP contribution in [-0.4, -0.2) is 21.5 Å². The van der Waals surface area contributed by atoms with Gasteiger partial charge < -0.3 is 0 Å². The Morgan fingerprint density at radius 1 is 1.38 bits per heavy atom. The number of halogens is 1. The Hall–Kier alpha value is -0.610. The van der Waals surface area contributed by atoms with Crippen molar-refractivity contribution in [2.45, 2.75) is 42.9 Å². The molecule has 0 spiro atoms. The van der Waals surface area contributed by atoms with Crippen LogP contribution in [0.5, 0.6) is 0 Å². The summed E-state index contributed by atoms with van der Waals surface area (Å²) in [4.78, 5) is 19.2. The first kappa shape index (κ1) is 11.9. The number of carbonyl (C=O) groups is 1. The molecule has 1 aliphatic rings. The van der Waals surface area contributed by atoms with Crippen molar-refractivity contribution in [2.75, 3.05) is 0 Å². The molecule has 0 saturated heterocycles. The van der Waals surface area contributed by atoms with Gasteiger partial charge in [-0.3, -0.25) is 4.79 Å². The average Bonchev–Trinajstić information content (AvgIpc) is 2.70. The predicted octanol–water partition coefficient (Wildman–Crippen LogP) is 3.29. The summed E-state index contributed by atoms with van der Waals surface area (Å²) in [6, 6.07) is 0. The molecule has 0 N–H and O–H groups in total. The van der Waals surface area contributed by atoms with Crippen LogP contribution in [0, 0.1) is 6.92 Å². The van der Waals surface area contributed by atoms with Crippen molar-refractivity contribution in [1.82, 2.24) is 9.97 Å². The molecule has 0 aromatic carbocycles. The fourth-order valence-electron chi connectivity index (χ4n) is 1.88. The van der Waals surface area contributed by atoms with E-state index in [4.69, 9.17) is 11.6 Å². The Kier molecular flexibility index (Phi) is 3.82. The van der Waals surface area contributed by atoms with Gasteiger partial charge in [0.1, 0.15) is 16.0 Å². The van der Waals surface area contributed by atoms with E-state index < -0.39 is 0 Å². The number of aromatic nitrogens is 2. The van der Waals surface area contributed by atoms with Crippen LogP contribution in [0.4, 0.5) is 0 Å². The first-order valence-electron chi connectivity index (χ1n) is 5.36. The molecule has 0 atom stereocenters. The summed E-state index contributed by atoms with van der Waals surface area (Å²) in [5, 5.41) is 1.58. The molecule has 0 bridgehead atoms. The van der Waals surface area contributed by atoms with Crippen LogP contribution >= 0.6 is 23.4 Å². The van der Waals surface area contributed by atoms with Crippen LogP contribution in [-0.2, 0) is 0 Å². The monoisotopic (exact) mass is 256 g/mol. The topological polar surface area (TPSA) is 42.9 Å². The molecule has 1 aromatic heterocycles. The maximum Gasteiger partial charge on any atom is 0.155 e. The highest BCUT2D eigenvalue weighted by molar-refractivity contribution is 7.99. The third kappa shape index (κ3) is 2.55. The Bertz CT molecular complexity index is 405. The van der Waals surface area contributed by atoms with E-state index in [1.54, 1.807) is 18.7 Å². The van der Waals surface area contributed by atoms with Gasteiger partial charge in [0.15, 0.2) is 6.29 Å². The number of hydrogen-bond acceptors (Lipinski definition) is 4. The smallest absolute Gasteiger partial charge is 0.155 e. The molecular weight excluding hydrogens is 244 g/mol. The van der Waals surface area contributed by atoms with Crippen molar-refractivity contribution in [1.29, 1.82) is 0 Å². The third-order valence-electron chi connectivity index (χ3n) is 2.67. The van der Waals surface area contributed by atoms with E-state index in [1.807, 2.05) is 0 Å². The van der Waals surface area contributed by atoms with Gasteiger partial charge in [-0.05, 0) is 19.8 Å². The molecule has 1 saturated carbocycles. The lowest BCUT2D eigenvalue weighted by atomic mass is 10.4. The van der Waals surface area contributed by atoms with Gasteiger partial charge in [-0.15, -0.1) is 11.8 Å². The predicted molar refractivity (Wildman–Crippen MR) is 65.3 cm³/mol. The van der Waals surface area contributed by atoms with Crippen LogP contribution in [0.3, 0.4) is 0 Å². The molecular formula is C11H13ClN2OS. The molecule has 0 aliphatic heterocycles. The van der Waals surface area contributed by atoms with Gasteiger partial charge in [0.05, 0.1) is 5.56 Å². The summed E-state index contributed by atoms with van der Waals surface area (Å²) in [6.45, 7) is 1.79. The minimum atomic E-state index is 0.267. The Morgan fingerprint density at radius 2 is 2.06 bits per heavy atom. The van der Waals surface area contributed by atoms with Crippen LogP contribution in [0.25, 0.3) is 0 Å². The number of hydrogen-bond donors (Lipinski definition) is 0. The van der Waals surface area contributed by atoms with Gasteiger partial charge in [-0.25, -0.2) is 9.97 Å². The molecule has 1 aliphatic carbocycles. The summed E-state index contributed by atoms with van der Waals surface area (Å²) >= 11 is 7.59. The quantitative estimate of drug-likeness (QED) is 0.615. The van der Waals surface area contributed by atoms with E-state index in [2.05, 4.69) is 9.97 Å². The van der Waals surface area contributed by atoms with Gasteiger partial charge in [0.2, 0.25) is 0 Å². The third-order valence-corrected chi connectivity index (χ3v) is 4.30. The molecule has 2 rings (SSSR count). The SMILES string of the molecule is Cc1nc(Cl)c(C=O)c(SC2CCCC2)n1. The number of carbonyl (C=O) groups excluding carboxylic acids is 1. The van der Waals surface area contributed by atoms with Gasteiger partial charge in [-0.1, -0.05) is 24.4 Å². The largest absolute Gasteiger partial charge is 0.298 e. The van der Waals surface area contributed by atoms with Crippen LogP contribution in [0.2, 0.25) is 5.15 Å². The summed E-state index contributed by atoms with van der Waals surface area (Å²) < 4.78 is 0. The lowest BCUT2D eigenvalue weighted by Crippen LogP contribution is -2.02. The molecule has 1 fully saturated rings. The molecule has 0 radical (unpaired) electrons. The first-order chi connectivity index (χ1) is 7.70. The maximum absolute atomic E-state index is 11.0. The molecule has 86 valence electrons. The second-order valence-electron chi connectivity index (χ2n) is 3.92. The van der Waals surface area contributed by atoms with Crippen LogP contribution in [0.1, 0.15) is 41.9 Å². The van der Waals surface area contributed by atoms with Crippen molar-refractivity contribution in [3.8, 4) is 0 Å². The maximum atomic E-state index is 11.0. The zero-order valence-electron chi connectivity index (χ0n) is 9.07. The Morgan fingerprint density at radius 3 is 2.69 bits per heavy atom. The number of aldehydes is 1. The molecule has 5 heteroatoms. The lowest BCUT2D eigenvalue weighted by Gasteiger charge is -2.10. The zero-order valence-corrected chi connectivity index (χ0v) is 10.6. The summed E-state index contributed by atoms with van der Waals surface area (Å²) in [5.41, 5.74) is 0.434. The summed E-state index contributed by atoms with van der Waals surface area (Å²) in [7, 11) is 0. The Labute approximate surface area is 104 Å². The number of thioether (sulfide) groups is 1. The highest BCUT2D eigenvalue weighted by Crippen LogP contribution is 2.36. The van der Waals surface area contributed by atoms with Crippen molar-refractivity contribution >= 4 is 29.6 Å². The second kappa shape index (κ2) is 5.15. The summed E-state index contributed by atoms with van der Waals surface area (Å²) in [6.07, 6.45) is 5.68. The van der Waals surface area contributed by atoms with Crippen molar-refractivity contribution < 1.29 is 4.79 Å². The van der Waals surface area contributed by atoms with Crippen molar-refractivity contribution in [3.63, 3.8) is 0 Å². The normalized spacial score (nSPS) is 16.6. The van der Waals surface area contributed by atoms with Crippen LogP contribution < -0.4 is 0 Å². The van der Waals surface area contributed by atoms with E-state index in [9.17, 15) is 4.79 Å². The second-order valence-corrected chi connectivity index (χ2v) is 5.57.